The van der Waals surface area contributed by atoms with Gasteiger partial charge in [0.05, 0.1) is 17.0 Å². The molecule has 196 valence electrons. The third-order valence-electron chi connectivity index (χ3n) is 7.59. The fourth-order valence-electron chi connectivity index (χ4n) is 5.43. The number of hydrogen-bond acceptors (Lipinski definition) is 4. The molecular formula is C32H36N4O2. The molecule has 0 saturated carbocycles. The highest BCUT2D eigenvalue weighted by Gasteiger charge is 2.18. The predicted molar refractivity (Wildman–Crippen MR) is 155 cm³/mol. The fraction of sp³-hybridized carbons (Fsp3) is 0.312. The van der Waals surface area contributed by atoms with Crippen LogP contribution in [0.25, 0.3) is 10.9 Å². The Kier molecular flexibility index (Phi) is 7.61. The third kappa shape index (κ3) is 5.36. The van der Waals surface area contributed by atoms with Gasteiger partial charge >= 0.3 is 0 Å². The normalized spacial score (nSPS) is 14.3. The molecule has 4 aromatic rings. The first-order chi connectivity index (χ1) is 18.5. The van der Waals surface area contributed by atoms with Crippen LogP contribution in [-0.4, -0.2) is 57.7 Å². The molecule has 1 amide bonds. The molecule has 1 aliphatic rings. The zero-order valence-corrected chi connectivity index (χ0v) is 22.5. The summed E-state index contributed by atoms with van der Waals surface area (Å²) >= 11 is 0. The largest absolute Gasteiger partial charge is 0.494 e. The van der Waals surface area contributed by atoms with E-state index >= 15 is 0 Å². The van der Waals surface area contributed by atoms with Crippen LogP contribution in [0.15, 0.2) is 71.7 Å². The Bertz CT molecular complexity index is 1440. The summed E-state index contributed by atoms with van der Waals surface area (Å²) in [5.41, 5.74) is 7.75. The lowest BCUT2D eigenvalue weighted by Crippen LogP contribution is -2.30. The van der Waals surface area contributed by atoms with Gasteiger partial charge in [-0.1, -0.05) is 36.4 Å². The highest BCUT2D eigenvalue weighted by Crippen LogP contribution is 2.30. The van der Waals surface area contributed by atoms with Crippen molar-refractivity contribution in [3.05, 3.63) is 94.5 Å². The van der Waals surface area contributed by atoms with E-state index in [1.54, 1.807) is 11.0 Å². The van der Waals surface area contributed by atoms with Crippen LogP contribution in [0.4, 0.5) is 5.69 Å². The van der Waals surface area contributed by atoms with E-state index < -0.39 is 0 Å². The maximum Gasteiger partial charge on any atom is 0.253 e. The lowest BCUT2D eigenvalue weighted by atomic mass is 10.0. The number of H-pyrrole nitrogens is 1. The molecule has 6 nitrogen and oxygen atoms in total. The smallest absolute Gasteiger partial charge is 0.253 e. The Balaban J connectivity index is 1.32. The quantitative estimate of drug-likeness (QED) is 0.297. The molecule has 0 atom stereocenters. The van der Waals surface area contributed by atoms with Gasteiger partial charge in [-0.25, -0.2) is 0 Å². The number of carbonyl (C=O) groups excluding carboxylic acids is 1. The van der Waals surface area contributed by atoms with E-state index in [1.807, 2.05) is 45.0 Å². The summed E-state index contributed by atoms with van der Waals surface area (Å²) in [6.45, 7) is 10.2. The first-order valence-corrected chi connectivity index (χ1v) is 13.5. The summed E-state index contributed by atoms with van der Waals surface area (Å²) in [6, 6.07) is 22.6. The topological polar surface area (TPSA) is 71.9 Å². The third-order valence-corrected chi connectivity index (χ3v) is 7.59. The highest BCUT2D eigenvalue weighted by molar-refractivity contribution is 6.14. The van der Waals surface area contributed by atoms with Crippen LogP contribution < -0.4 is 0 Å². The minimum atomic E-state index is -0.0120. The van der Waals surface area contributed by atoms with Gasteiger partial charge in [0.25, 0.3) is 5.91 Å². The summed E-state index contributed by atoms with van der Waals surface area (Å²) in [4.78, 5) is 25.1. The van der Waals surface area contributed by atoms with Crippen molar-refractivity contribution in [1.82, 2.24) is 14.8 Å². The van der Waals surface area contributed by atoms with E-state index in [9.17, 15) is 9.90 Å². The average molecular weight is 509 g/mol. The molecule has 2 N–H and O–H groups in total. The summed E-state index contributed by atoms with van der Waals surface area (Å²) in [5.74, 6) is 0.0504. The zero-order valence-electron chi connectivity index (χ0n) is 22.5. The van der Waals surface area contributed by atoms with E-state index in [-0.39, 0.29) is 11.8 Å². The molecule has 0 aliphatic carbocycles. The maximum atomic E-state index is 12.9. The molecular weight excluding hydrogens is 472 g/mol. The molecule has 38 heavy (non-hydrogen) atoms. The van der Waals surface area contributed by atoms with Crippen molar-refractivity contribution in [2.45, 2.75) is 40.2 Å². The number of fused-ring (bicyclic) bond motifs is 2. The van der Waals surface area contributed by atoms with E-state index in [4.69, 9.17) is 4.99 Å². The number of benzene rings is 3. The summed E-state index contributed by atoms with van der Waals surface area (Å²) in [6.07, 6.45) is 2.18. The van der Waals surface area contributed by atoms with Crippen LogP contribution in [0, 0.1) is 0 Å². The molecule has 6 heteroatoms. The van der Waals surface area contributed by atoms with Gasteiger partial charge in [-0.3, -0.25) is 14.7 Å². The van der Waals surface area contributed by atoms with Crippen LogP contribution in [-0.2, 0) is 19.4 Å². The molecule has 0 saturated heterocycles. The van der Waals surface area contributed by atoms with Crippen LogP contribution in [0.5, 0.6) is 5.88 Å². The molecule has 2 heterocycles. The van der Waals surface area contributed by atoms with Crippen molar-refractivity contribution in [2.24, 2.45) is 4.99 Å². The van der Waals surface area contributed by atoms with Crippen molar-refractivity contribution in [1.29, 1.82) is 0 Å². The van der Waals surface area contributed by atoms with Crippen molar-refractivity contribution in [3.8, 4) is 5.88 Å². The fourth-order valence-corrected chi connectivity index (χ4v) is 5.43. The van der Waals surface area contributed by atoms with E-state index in [2.05, 4.69) is 46.3 Å². The van der Waals surface area contributed by atoms with Gasteiger partial charge in [-0.2, -0.15) is 0 Å². The number of nitrogens with one attached hydrogen (secondary N) is 1. The molecule has 0 bridgehead atoms. The van der Waals surface area contributed by atoms with Crippen molar-refractivity contribution < 1.29 is 9.90 Å². The second kappa shape index (κ2) is 11.2. The van der Waals surface area contributed by atoms with Crippen LogP contribution in [0.1, 0.15) is 53.4 Å². The lowest BCUT2D eigenvalue weighted by molar-refractivity contribution is 0.0773. The SMILES string of the molecule is CCN(CC)C(=O)c1ccc2[nH]c(O)c(C(C)=Nc3ccc(CN4CCc5ccccc5CC4)cc3)c2c1. The van der Waals surface area contributed by atoms with Crippen LogP contribution >= 0.6 is 0 Å². The maximum absolute atomic E-state index is 12.9. The summed E-state index contributed by atoms with van der Waals surface area (Å²) in [7, 11) is 0. The molecule has 0 fully saturated rings. The van der Waals surface area contributed by atoms with E-state index in [0.29, 0.717) is 29.9 Å². The molecule has 0 spiro atoms. The number of rotatable bonds is 7. The minimum absolute atomic E-state index is 0.0120. The Labute approximate surface area is 224 Å². The standard InChI is InChI=1S/C32H36N4O2/c1-4-36(5-2)32(38)26-12-15-29-28(20-26)30(31(37)34-29)22(3)33-27-13-10-23(11-14-27)21-35-18-16-24-8-6-7-9-25(24)17-19-35/h6-15,20,34,37H,4-5,16-19,21H2,1-3H3. The van der Waals surface area contributed by atoms with Crippen molar-refractivity contribution in [3.63, 3.8) is 0 Å². The van der Waals surface area contributed by atoms with Crippen LogP contribution in [0.2, 0.25) is 0 Å². The Morgan fingerprint density at radius 1 is 0.974 bits per heavy atom. The molecule has 1 aromatic heterocycles. The van der Waals surface area contributed by atoms with Gasteiger partial charge in [-0.15, -0.1) is 0 Å². The van der Waals surface area contributed by atoms with Gasteiger partial charge in [0, 0.05) is 49.2 Å². The van der Waals surface area contributed by atoms with Crippen molar-refractivity contribution in [2.75, 3.05) is 26.2 Å². The minimum Gasteiger partial charge on any atom is -0.494 e. The molecule has 5 rings (SSSR count). The number of hydrogen-bond donors (Lipinski definition) is 2. The molecule has 3 aromatic carbocycles. The summed E-state index contributed by atoms with van der Waals surface area (Å²) in [5, 5.41) is 11.5. The first-order valence-electron chi connectivity index (χ1n) is 13.5. The van der Waals surface area contributed by atoms with Gasteiger partial charge in [0.1, 0.15) is 0 Å². The second-order valence-electron chi connectivity index (χ2n) is 9.99. The number of amides is 1. The van der Waals surface area contributed by atoms with Crippen molar-refractivity contribution >= 4 is 28.2 Å². The number of aromatic hydroxyl groups is 1. The molecule has 1 aliphatic heterocycles. The van der Waals surface area contributed by atoms with Gasteiger partial charge < -0.3 is 15.0 Å². The zero-order chi connectivity index (χ0) is 26.6. The molecule has 0 radical (unpaired) electrons. The average Bonchev–Trinajstić information content (AvgIpc) is 3.13. The number of nitrogens with zero attached hydrogens (tertiary/aromatic N) is 3. The monoisotopic (exact) mass is 508 g/mol. The first kappa shape index (κ1) is 25.7. The van der Waals surface area contributed by atoms with Gasteiger partial charge in [0.15, 0.2) is 5.88 Å². The van der Waals surface area contributed by atoms with E-state index in [1.165, 1.54) is 16.7 Å². The second-order valence-corrected chi connectivity index (χ2v) is 9.99. The number of aromatic amines is 1. The predicted octanol–water partition coefficient (Wildman–Crippen LogP) is 6.10. The Morgan fingerprint density at radius 3 is 2.26 bits per heavy atom. The number of carbonyl (C=O) groups is 1. The van der Waals surface area contributed by atoms with Gasteiger partial charge in [-0.05, 0) is 80.6 Å². The number of aliphatic imine (C=N–C) groups is 1. The summed E-state index contributed by atoms with van der Waals surface area (Å²) < 4.78 is 0. The molecule has 0 unspecified atom stereocenters. The Morgan fingerprint density at radius 2 is 1.63 bits per heavy atom. The van der Waals surface area contributed by atoms with Crippen LogP contribution in [0.3, 0.4) is 0 Å². The number of aromatic nitrogens is 1. The van der Waals surface area contributed by atoms with Gasteiger partial charge in [0.2, 0.25) is 0 Å². The lowest BCUT2D eigenvalue weighted by Gasteiger charge is -2.19. The highest BCUT2D eigenvalue weighted by atomic mass is 16.3. The Hall–Kier alpha value is -3.90. The van der Waals surface area contributed by atoms with E-state index in [0.717, 1.165) is 49.1 Å².